The predicted octanol–water partition coefficient (Wildman–Crippen LogP) is 1.66. The number of nitrogens with one attached hydrogen (secondary N) is 2. The number of thiocarbonyl (C=S) groups is 1. The van der Waals surface area contributed by atoms with Crippen molar-refractivity contribution >= 4 is 28.8 Å². The minimum atomic E-state index is -0.255. The molecular formula is C14H22N4OS. The molecule has 0 spiro atoms. The fourth-order valence-corrected chi connectivity index (χ4v) is 2.17. The number of aromatic nitrogens is 1. The Bertz CT molecular complexity index is 535. The topological polar surface area (TPSA) is 80.0 Å². The van der Waals surface area contributed by atoms with Gasteiger partial charge in [-0.3, -0.25) is 9.78 Å². The van der Waals surface area contributed by atoms with Crippen molar-refractivity contribution in [2.24, 2.45) is 5.73 Å². The Hall–Kier alpha value is -1.69. The van der Waals surface area contributed by atoms with E-state index in [9.17, 15) is 4.79 Å². The van der Waals surface area contributed by atoms with Crippen LogP contribution >= 0.6 is 12.2 Å². The summed E-state index contributed by atoms with van der Waals surface area (Å²) in [6, 6.07) is 1.84. The number of carbonyl (C=O) groups excluding carboxylic acids is 1. The zero-order valence-electron chi connectivity index (χ0n) is 12.6. The molecule has 0 aliphatic rings. The molecule has 0 unspecified atom stereocenters. The summed E-state index contributed by atoms with van der Waals surface area (Å²) >= 11 is 5.05. The maximum Gasteiger partial charge on any atom is 0.239 e. The molecule has 1 amide bonds. The minimum Gasteiger partial charge on any atom is -0.389 e. The summed E-state index contributed by atoms with van der Waals surface area (Å²) in [6.07, 6.45) is 0. The average Bonchev–Trinajstić information content (AvgIpc) is 2.22. The maximum atomic E-state index is 11.8. The normalized spacial score (nSPS) is 11.1. The molecule has 1 aromatic rings. The highest BCUT2D eigenvalue weighted by Gasteiger charge is 2.15. The Morgan fingerprint density at radius 1 is 1.40 bits per heavy atom. The molecule has 0 aliphatic heterocycles. The van der Waals surface area contributed by atoms with E-state index in [0.717, 1.165) is 17.1 Å². The number of rotatable bonds is 4. The van der Waals surface area contributed by atoms with Gasteiger partial charge >= 0.3 is 0 Å². The van der Waals surface area contributed by atoms with Crippen molar-refractivity contribution < 1.29 is 4.79 Å². The number of amides is 1. The molecule has 110 valence electrons. The molecule has 1 aromatic heterocycles. The Kier molecular flexibility index (Phi) is 5.05. The molecule has 1 rings (SSSR count). The SMILES string of the molecule is Cc1cc(NCC(=O)NC(C)(C)C)c(C(N)=S)c(C)n1. The summed E-state index contributed by atoms with van der Waals surface area (Å²) in [5.74, 6) is -0.0847. The van der Waals surface area contributed by atoms with E-state index in [-0.39, 0.29) is 23.0 Å². The van der Waals surface area contributed by atoms with E-state index in [1.165, 1.54) is 0 Å². The Morgan fingerprint density at radius 2 is 2.00 bits per heavy atom. The number of hydrogen-bond acceptors (Lipinski definition) is 4. The molecular weight excluding hydrogens is 272 g/mol. The van der Waals surface area contributed by atoms with Gasteiger partial charge in [-0.05, 0) is 40.7 Å². The fourth-order valence-electron chi connectivity index (χ4n) is 1.92. The van der Waals surface area contributed by atoms with Gasteiger partial charge in [-0.2, -0.15) is 0 Å². The lowest BCUT2D eigenvalue weighted by Crippen LogP contribution is -2.43. The third-order valence-electron chi connectivity index (χ3n) is 2.53. The summed E-state index contributed by atoms with van der Waals surface area (Å²) in [5.41, 5.74) is 8.51. The lowest BCUT2D eigenvalue weighted by molar-refractivity contribution is -0.120. The first kappa shape index (κ1) is 16.4. The number of nitrogens with zero attached hydrogens (tertiary/aromatic N) is 1. The van der Waals surface area contributed by atoms with Crippen molar-refractivity contribution in [2.75, 3.05) is 11.9 Å². The van der Waals surface area contributed by atoms with Crippen molar-refractivity contribution in [1.29, 1.82) is 0 Å². The van der Waals surface area contributed by atoms with Crippen LogP contribution in [0.1, 0.15) is 37.7 Å². The largest absolute Gasteiger partial charge is 0.389 e. The van der Waals surface area contributed by atoms with Gasteiger partial charge in [-0.25, -0.2) is 0 Å². The number of pyridine rings is 1. The molecule has 0 aliphatic carbocycles. The van der Waals surface area contributed by atoms with E-state index in [0.29, 0.717) is 5.56 Å². The second-order valence-corrected chi connectivity index (χ2v) is 6.23. The first-order chi connectivity index (χ1) is 9.10. The first-order valence-electron chi connectivity index (χ1n) is 6.43. The summed E-state index contributed by atoms with van der Waals surface area (Å²) in [7, 11) is 0. The summed E-state index contributed by atoms with van der Waals surface area (Å²) in [6.45, 7) is 9.71. The highest BCUT2D eigenvalue weighted by atomic mass is 32.1. The zero-order valence-corrected chi connectivity index (χ0v) is 13.4. The van der Waals surface area contributed by atoms with Crippen LogP contribution in [0.3, 0.4) is 0 Å². The molecule has 5 nitrogen and oxygen atoms in total. The molecule has 0 bridgehead atoms. The standard InChI is InChI=1S/C14H22N4OS/c1-8-6-10(12(13(15)20)9(2)17-8)16-7-11(19)18-14(3,4)5/h6H,7H2,1-5H3,(H2,15,20)(H,16,17)(H,18,19). The van der Waals surface area contributed by atoms with Crippen LogP contribution in [0.5, 0.6) is 0 Å². The molecule has 6 heteroatoms. The molecule has 0 saturated heterocycles. The van der Waals surface area contributed by atoms with Crippen molar-refractivity contribution in [3.8, 4) is 0 Å². The van der Waals surface area contributed by atoms with Crippen molar-refractivity contribution in [3.05, 3.63) is 23.0 Å². The Morgan fingerprint density at radius 3 is 2.50 bits per heavy atom. The van der Waals surface area contributed by atoms with Gasteiger partial charge in [0.05, 0.1) is 12.1 Å². The van der Waals surface area contributed by atoms with Crippen LogP contribution < -0.4 is 16.4 Å². The number of carbonyl (C=O) groups is 1. The third kappa shape index (κ3) is 4.77. The number of anilines is 1. The van der Waals surface area contributed by atoms with Crippen LogP contribution in [-0.2, 0) is 4.79 Å². The van der Waals surface area contributed by atoms with Gasteiger partial charge < -0.3 is 16.4 Å². The van der Waals surface area contributed by atoms with E-state index in [1.807, 2.05) is 40.7 Å². The van der Waals surface area contributed by atoms with Gasteiger partial charge in [0.1, 0.15) is 4.99 Å². The lowest BCUT2D eigenvalue weighted by Gasteiger charge is -2.21. The third-order valence-corrected chi connectivity index (χ3v) is 2.73. The summed E-state index contributed by atoms with van der Waals surface area (Å²) in [4.78, 5) is 16.4. The van der Waals surface area contributed by atoms with E-state index in [1.54, 1.807) is 0 Å². The second kappa shape index (κ2) is 6.17. The molecule has 0 fully saturated rings. The fraction of sp³-hybridized carbons (Fsp3) is 0.500. The average molecular weight is 294 g/mol. The molecule has 0 atom stereocenters. The van der Waals surface area contributed by atoms with Gasteiger partial charge in [0.2, 0.25) is 5.91 Å². The molecule has 4 N–H and O–H groups in total. The molecule has 20 heavy (non-hydrogen) atoms. The smallest absolute Gasteiger partial charge is 0.239 e. The van der Waals surface area contributed by atoms with Crippen LogP contribution in [0.4, 0.5) is 5.69 Å². The van der Waals surface area contributed by atoms with E-state index in [2.05, 4.69) is 15.6 Å². The highest BCUT2D eigenvalue weighted by Crippen LogP contribution is 2.19. The van der Waals surface area contributed by atoms with E-state index < -0.39 is 0 Å². The van der Waals surface area contributed by atoms with Crippen LogP contribution in [0.2, 0.25) is 0 Å². The Labute approximate surface area is 125 Å². The minimum absolute atomic E-state index is 0.0847. The molecule has 0 saturated carbocycles. The van der Waals surface area contributed by atoms with Gasteiger partial charge in [0.15, 0.2) is 0 Å². The number of aryl methyl sites for hydroxylation is 2. The summed E-state index contributed by atoms with van der Waals surface area (Å²) < 4.78 is 0. The van der Waals surface area contributed by atoms with Crippen LogP contribution in [0.15, 0.2) is 6.07 Å². The van der Waals surface area contributed by atoms with Gasteiger partial charge in [0.25, 0.3) is 0 Å². The highest BCUT2D eigenvalue weighted by molar-refractivity contribution is 7.80. The van der Waals surface area contributed by atoms with E-state index >= 15 is 0 Å². The summed E-state index contributed by atoms with van der Waals surface area (Å²) in [5, 5.41) is 5.97. The molecule has 1 heterocycles. The number of hydrogen-bond donors (Lipinski definition) is 3. The monoisotopic (exact) mass is 294 g/mol. The molecule has 0 aromatic carbocycles. The Balaban J connectivity index is 2.88. The lowest BCUT2D eigenvalue weighted by atomic mass is 10.1. The van der Waals surface area contributed by atoms with Gasteiger partial charge in [0, 0.05) is 22.6 Å². The van der Waals surface area contributed by atoms with Crippen LogP contribution in [0, 0.1) is 13.8 Å². The van der Waals surface area contributed by atoms with Crippen molar-refractivity contribution in [2.45, 2.75) is 40.2 Å². The van der Waals surface area contributed by atoms with Gasteiger partial charge in [-0.15, -0.1) is 0 Å². The predicted molar refractivity (Wildman–Crippen MR) is 86.0 cm³/mol. The first-order valence-corrected chi connectivity index (χ1v) is 6.84. The number of nitrogens with two attached hydrogens (primary N) is 1. The quantitative estimate of drug-likeness (QED) is 0.736. The zero-order chi connectivity index (χ0) is 15.5. The second-order valence-electron chi connectivity index (χ2n) is 5.79. The van der Waals surface area contributed by atoms with Crippen molar-refractivity contribution in [1.82, 2.24) is 10.3 Å². The van der Waals surface area contributed by atoms with Crippen molar-refractivity contribution in [3.63, 3.8) is 0 Å². The van der Waals surface area contributed by atoms with E-state index in [4.69, 9.17) is 18.0 Å². The maximum absolute atomic E-state index is 11.8. The van der Waals surface area contributed by atoms with Gasteiger partial charge in [-0.1, -0.05) is 12.2 Å². The molecule has 0 radical (unpaired) electrons. The van der Waals surface area contributed by atoms with Crippen LogP contribution in [-0.4, -0.2) is 28.0 Å². The van der Waals surface area contributed by atoms with Crippen LogP contribution in [0.25, 0.3) is 0 Å².